The third-order valence-electron chi connectivity index (χ3n) is 2.15. The second kappa shape index (κ2) is 5.38. The molecule has 0 saturated heterocycles. The molecule has 0 bridgehead atoms. The van der Waals surface area contributed by atoms with Crippen LogP contribution in [0.1, 0.15) is 5.56 Å². The molecule has 2 aromatic carbocycles. The van der Waals surface area contributed by atoms with Gasteiger partial charge in [0.25, 0.3) is 0 Å². The van der Waals surface area contributed by atoms with E-state index in [1.165, 1.54) is 0 Å². The predicted molar refractivity (Wildman–Crippen MR) is 71.4 cm³/mol. The summed E-state index contributed by atoms with van der Waals surface area (Å²) < 4.78 is 23.9. The van der Waals surface area contributed by atoms with Crippen molar-refractivity contribution in [1.82, 2.24) is 0 Å². The molecule has 88 valence electrons. The molecular formula is C13H12O2S2. The lowest BCUT2D eigenvalue weighted by Crippen LogP contribution is -1.98. The summed E-state index contributed by atoms with van der Waals surface area (Å²) in [6.45, 7) is 0. The molecule has 0 aliphatic rings. The van der Waals surface area contributed by atoms with E-state index in [0.717, 1.165) is 21.3 Å². The zero-order valence-electron chi connectivity index (χ0n) is 9.11. The van der Waals surface area contributed by atoms with Gasteiger partial charge in [0, 0.05) is 15.7 Å². The quantitative estimate of drug-likeness (QED) is 0.795. The maximum atomic E-state index is 11.9. The summed E-state index contributed by atoms with van der Waals surface area (Å²) in [6.07, 6.45) is 0. The summed E-state index contributed by atoms with van der Waals surface area (Å²) >= 11 is 0. The zero-order chi connectivity index (χ0) is 12.1. The molecule has 0 fully saturated rings. The maximum absolute atomic E-state index is 11.9. The van der Waals surface area contributed by atoms with Crippen LogP contribution in [-0.2, 0) is 14.6 Å². The second-order valence-corrected chi connectivity index (χ2v) is 7.65. The lowest BCUT2D eigenvalue weighted by atomic mass is 10.2. The average Bonchev–Trinajstić information content (AvgIpc) is 2.30. The molecule has 0 unspecified atom stereocenters. The van der Waals surface area contributed by atoms with E-state index in [0.29, 0.717) is 0 Å². The number of rotatable bonds is 4. The Balaban J connectivity index is 2.11. The van der Waals surface area contributed by atoms with Crippen LogP contribution >= 0.6 is 10.8 Å². The van der Waals surface area contributed by atoms with Gasteiger partial charge in [-0.05, 0) is 17.7 Å². The Morgan fingerprint density at radius 1 is 0.824 bits per heavy atom. The summed E-state index contributed by atoms with van der Waals surface area (Å²) in [5.41, 5.74) is 0.816. The van der Waals surface area contributed by atoms with Crippen molar-refractivity contribution in [2.24, 2.45) is 0 Å². The fraction of sp³-hybridized carbons (Fsp3) is 0.0769. The monoisotopic (exact) mass is 264 g/mol. The summed E-state index contributed by atoms with van der Waals surface area (Å²) in [5, 5.41) is 0. The van der Waals surface area contributed by atoms with Crippen molar-refractivity contribution < 1.29 is 8.42 Å². The molecule has 4 heteroatoms. The van der Waals surface area contributed by atoms with Gasteiger partial charge in [-0.1, -0.05) is 48.5 Å². The SMILES string of the molecule is O=S(=O)(Cc1ccccc1)Sc1ccccc1. The van der Waals surface area contributed by atoms with Crippen molar-refractivity contribution in [2.75, 3.05) is 0 Å². The smallest absolute Gasteiger partial charge is 0.210 e. The number of benzene rings is 2. The molecule has 0 spiro atoms. The van der Waals surface area contributed by atoms with E-state index in [9.17, 15) is 8.42 Å². The van der Waals surface area contributed by atoms with Crippen LogP contribution in [0.2, 0.25) is 0 Å². The van der Waals surface area contributed by atoms with Gasteiger partial charge in [0.2, 0.25) is 8.87 Å². The summed E-state index contributed by atoms with van der Waals surface area (Å²) in [6, 6.07) is 18.3. The van der Waals surface area contributed by atoms with Gasteiger partial charge >= 0.3 is 0 Å². The molecule has 0 amide bonds. The van der Waals surface area contributed by atoms with E-state index in [4.69, 9.17) is 0 Å². The summed E-state index contributed by atoms with van der Waals surface area (Å²) in [7, 11) is -2.26. The Hall–Kier alpha value is -1.26. The molecule has 0 saturated carbocycles. The van der Waals surface area contributed by atoms with Gasteiger partial charge < -0.3 is 0 Å². The highest BCUT2D eigenvalue weighted by Gasteiger charge is 2.13. The lowest BCUT2D eigenvalue weighted by Gasteiger charge is -2.03. The third kappa shape index (κ3) is 3.91. The highest BCUT2D eigenvalue weighted by Crippen LogP contribution is 2.27. The number of hydrogen-bond acceptors (Lipinski definition) is 3. The molecule has 2 aromatic rings. The van der Waals surface area contributed by atoms with Crippen molar-refractivity contribution in [1.29, 1.82) is 0 Å². The van der Waals surface area contributed by atoms with Crippen LogP contribution < -0.4 is 0 Å². The van der Waals surface area contributed by atoms with Crippen LogP contribution in [0.3, 0.4) is 0 Å². The van der Waals surface area contributed by atoms with Gasteiger partial charge in [0.15, 0.2) is 0 Å². The average molecular weight is 264 g/mol. The second-order valence-electron chi connectivity index (χ2n) is 3.58. The highest BCUT2D eigenvalue weighted by atomic mass is 33.1. The Morgan fingerprint density at radius 2 is 1.35 bits per heavy atom. The predicted octanol–water partition coefficient (Wildman–Crippen LogP) is 3.31. The van der Waals surface area contributed by atoms with E-state index in [1.54, 1.807) is 12.1 Å². The van der Waals surface area contributed by atoms with Crippen molar-refractivity contribution in [3.63, 3.8) is 0 Å². The first-order valence-corrected chi connectivity index (χ1v) is 8.15. The highest BCUT2D eigenvalue weighted by molar-refractivity contribution is 8.71. The number of hydrogen-bond donors (Lipinski definition) is 0. The molecule has 0 aliphatic carbocycles. The first-order valence-electron chi connectivity index (χ1n) is 5.17. The Morgan fingerprint density at radius 3 is 1.94 bits per heavy atom. The molecule has 0 aliphatic heterocycles. The Labute approximate surface area is 105 Å². The van der Waals surface area contributed by atoms with Crippen molar-refractivity contribution in [3.8, 4) is 0 Å². The zero-order valence-corrected chi connectivity index (χ0v) is 10.7. The first-order chi connectivity index (χ1) is 8.16. The van der Waals surface area contributed by atoms with E-state index < -0.39 is 8.87 Å². The minimum atomic E-state index is -3.17. The van der Waals surface area contributed by atoms with E-state index in [1.807, 2.05) is 48.5 Å². The molecule has 2 nitrogen and oxygen atoms in total. The van der Waals surface area contributed by atoms with Crippen LogP contribution in [0.25, 0.3) is 0 Å². The van der Waals surface area contributed by atoms with Crippen LogP contribution in [0.4, 0.5) is 0 Å². The fourth-order valence-electron chi connectivity index (χ4n) is 1.43. The van der Waals surface area contributed by atoms with Crippen LogP contribution in [0.5, 0.6) is 0 Å². The minimum absolute atomic E-state index is 0.0629. The largest absolute Gasteiger partial charge is 0.217 e. The first kappa shape index (κ1) is 12.2. The Bertz CT molecular complexity index is 515. The minimum Gasteiger partial charge on any atom is -0.217 e. The third-order valence-corrected chi connectivity index (χ3v) is 5.25. The van der Waals surface area contributed by atoms with Gasteiger partial charge in [-0.2, -0.15) is 0 Å². The van der Waals surface area contributed by atoms with Gasteiger partial charge in [-0.15, -0.1) is 0 Å². The fourth-order valence-corrected chi connectivity index (χ4v) is 4.45. The Kier molecular flexibility index (Phi) is 3.86. The van der Waals surface area contributed by atoms with E-state index in [-0.39, 0.29) is 5.75 Å². The molecular weight excluding hydrogens is 252 g/mol. The normalized spacial score (nSPS) is 11.3. The molecule has 2 rings (SSSR count). The van der Waals surface area contributed by atoms with Crippen molar-refractivity contribution in [2.45, 2.75) is 10.6 Å². The molecule has 17 heavy (non-hydrogen) atoms. The topological polar surface area (TPSA) is 34.1 Å². The maximum Gasteiger partial charge on any atom is 0.210 e. The van der Waals surface area contributed by atoms with Crippen LogP contribution in [0.15, 0.2) is 65.6 Å². The molecule has 0 radical (unpaired) electrons. The summed E-state index contributed by atoms with van der Waals surface area (Å²) in [5.74, 6) is 0.0629. The lowest BCUT2D eigenvalue weighted by molar-refractivity contribution is 0.610. The van der Waals surface area contributed by atoms with Gasteiger partial charge in [0.05, 0.1) is 5.75 Å². The van der Waals surface area contributed by atoms with E-state index >= 15 is 0 Å². The van der Waals surface area contributed by atoms with Crippen LogP contribution in [-0.4, -0.2) is 8.42 Å². The molecule has 0 N–H and O–H groups in total. The van der Waals surface area contributed by atoms with E-state index in [2.05, 4.69) is 0 Å². The van der Waals surface area contributed by atoms with Crippen molar-refractivity contribution >= 4 is 19.7 Å². The molecule has 0 aromatic heterocycles. The standard InChI is InChI=1S/C13H12O2S2/c14-17(15,11-12-7-3-1-4-8-12)16-13-9-5-2-6-10-13/h1-10H,11H2. The van der Waals surface area contributed by atoms with Crippen LogP contribution in [0, 0.1) is 0 Å². The van der Waals surface area contributed by atoms with Gasteiger partial charge in [0.1, 0.15) is 0 Å². The molecule has 0 atom stereocenters. The summed E-state index contributed by atoms with van der Waals surface area (Å²) in [4.78, 5) is 0.753. The van der Waals surface area contributed by atoms with Gasteiger partial charge in [-0.25, -0.2) is 8.42 Å². The van der Waals surface area contributed by atoms with Gasteiger partial charge in [-0.3, -0.25) is 0 Å². The van der Waals surface area contributed by atoms with Crippen molar-refractivity contribution in [3.05, 3.63) is 66.2 Å². The molecule has 0 heterocycles.